The van der Waals surface area contributed by atoms with Crippen LogP contribution in [0, 0.1) is 0 Å². The molecule has 2 aromatic heterocycles. The number of carbonyl (C=O) groups excluding carboxylic acids is 1. The third-order valence-electron chi connectivity index (χ3n) is 3.90. The van der Waals surface area contributed by atoms with Crippen molar-refractivity contribution in [2.75, 3.05) is 10.6 Å². The van der Waals surface area contributed by atoms with Gasteiger partial charge in [0.05, 0.1) is 5.39 Å². The molecule has 0 spiro atoms. The van der Waals surface area contributed by atoms with Crippen LogP contribution in [0.4, 0.5) is 17.2 Å². The van der Waals surface area contributed by atoms with Crippen molar-refractivity contribution in [3.8, 4) is 0 Å². The van der Waals surface area contributed by atoms with Crippen LogP contribution in [0.5, 0.6) is 0 Å². The predicted octanol–water partition coefficient (Wildman–Crippen LogP) is 4.67. The number of nitrogens with one attached hydrogen (secondary N) is 2. The normalized spacial score (nSPS) is 10.6. The molecule has 7 heteroatoms. The molecule has 0 bridgehead atoms. The first-order valence-electron chi connectivity index (χ1n) is 8.19. The molecule has 2 N–H and O–H groups in total. The fraction of sp³-hybridized carbons (Fsp3) is 0. The lowest BCUT2D eigenvalue weighted by atomic mass is 10.2. The van der Waals surface area contributed by atoms with E-state index in [-0.39, 0.29) is 5.91 Å². The number of carbonyl (C=O) groups is 1. The van der Waals surface area contributed by atoms with Crippen LogP contribution in [-0.4, -0.2) is 20.9 Å². The third kappa shape index (κ3) is 3.86. The number of hydrogen-bond acceptors (Lipinski definition) is 5. The molecule has 132 valence electrons. The van der Waals surface area contributed by atoms with Crippen LogP contribution in [0.25, 0.3) is 11.0 Å². The monoisotopic (exact) mass is 375 g/mol. The van der Waals surface area contributed by atoms with Crippen LogP contribution in [0.1, 0.15) is 10.4 Å². The molecule has 6 nitrogen and oxygen atoms in total. The number of benzene rings is 2. The maximum Gasteiger partial charge on any atom is 0.255 e. The minimum atomic E-state index is -0.208. The largest absolute Gasteiger partial charge is 0.340 e. The lowest BCUT2D eigenvalue weighted by Crippen LogP contribution is -2.11. The Hall–Kier alpha value is -3.51. The number of nitrogens with zero attached hydrogens (tertiary/aromatic N) is 3. The summed E-state index contributed by atoms with van der Waals surface area (Å²) in [5.41, 5.74) is 2.59. The second-order valence-electron chi connectivity index (χ2n) is 5.76. The Morgan fingerprint density at radius 1 is 0.889 bits per heavy atom. The summed E-state index contributed by atoms with van der Waals surface area (Å²) >= 11 is 5.86. The first-order valence-corrected chi connectivity index (χ1v) is 8.56. The van der Waals surface area contributed by atoms with Gasteiger partial charge in [0.25, 0.3) is 5.91 Å². The van der Waals surface area contributed by atoms with E-state index >= 15 is 0 Å². The van der Waals surface area contributed by atoms with Gasteiger partial charge < -0.3 is 10.6 Å². The van der Waals surface area contributed by atoms with Crippen LogP contribution in [0.15, 0.2) is 73.2 Å². The molecule has 27 heavy (non-hydrogen) atoms. The zero-order valence-corrected chi connectivity index (χ0v) is 14.8. The number of rotatable bonds is 4. The number of hydrogen-bond donors (Lipinski definition) is 2. The van der Waals surface area contributed by atoms with Crippen molar-refractivity contribution < 1.29 is 4.79 Å². The second-order valence-corrected chi connectivity index (χ2v) is 6.20. The Morgan fingerprint density at radius 3 is 2.56 bits per heavy atom. The molecule has 0 atom stereocenters. The Bertz CT molecular complexity index is 1110. The number of fused-ring (bicyclic) bond motifs is 1. The molecule has 0 aliphatic carbocycles. The average molecular weight is 376 g/mol. The maximum atomic E-state index is 12.4. The number of halogens is 1. The zero-order valence-electron chi connectivity index (χ0n) is 14.1. The Labute approximate surface area is 160 Å². The lowest BCUT2D eigenvalue weighted by Gasteiger charge is -2.10. The van der Waals surface area contributed by atoms with Gasteiger partial charge in [0.15, 0.2) is 5.65 Å². The average Bonchev–Trinajstić information content (AvgIpc) is 2.69. The number of aromatic nitrogens is 3. The fourth-order valence-corrected chi connectivity index (χ4v) is 2.74. The van der Waals surface area contributed by atoms with Crippen molar-refractivity contribution >= 4 is 45.7 Å². The van der Waals surface area contributed by atoms with E-state index < -0.39 is 0 Å². The number of anilines is 3. The molecule has 0 unspecified atom stereocenters. The molecule has 1 amide bonds. The summed E-state index contributed by atoms with van der Waals surface area (Å²) in [5.74, 6) is 0.440. The fourth-order valence-electron chi connectivity index (χ4n) is 2.61. The summed E-state index contributed by atoms with van der Waals surface area (Å²) in [6.45, 7) is 0. The smallest absolute Gasteiger partial charge is 0.255 e. The van der Waals surface area contributed by atoms with E-state index in [1.807, 2.05) is 36.4 Å². The quantitative estimate of drug-likeness (QED) is 0.541. The van der Waals surface area contributed by atoms with E-state index in [4.69, 9.17) is 11.6 Å². The highest BCUT2D eigenvalue weighted by molar-refractivity contribution is 6.30. The maximum absolute atomic E-state index is 12.4. The lowest BCUT2D eigenvalue weighted by molar-refractivity contribution is 0.102. The molecular weight excluding hydrogens is 362 g/mol. The molecular formula is C20H14ClN5O. The first-order chi connectivity index (χ1) is 13.2. The summed E-state index contributed by atoms with van der Waals surface area (Å²) in [7, 11) is 0. The van der Waals surface area contributed by atoms with Gasteiger partial charge in [0, 0.05) is 28.2 Å². The molecule has 0 radical (unpaired) electrons. The van der Waals surface area contributed by atoms with Crippen LogP contribution >= 0.6 is 11.6 Å². The van der Waals surface area contributed by atoms with Crippen molar-refractivity contribution in [1.82, 2.24) is 15.0 Å². The van der Waals surface area contributed by atoms with Gasteiger partial charge in [-0.3, -0.25) is 4.79 Å². The summed E-state index contributed by atoms with van der Waals surface area (Å²) in [5, 5.41) is 7.52. The number of amides is 1. The summed E-state index contributed by atoms with van der Waals surface area (Å²) in [4.78, 5) is 25.0. The molecule has 0 saturated carbocycles. The Kier molecular flexibility index (Phi) is 4.63. The van der Waals surface area contributed by atoms with Crippen LogP contribution in [0.3, 0.4) is 0 Å². The third-order valence-corrected chi connectivity index (χ3v) is 4.15. The molecule has 0 aliphatic rings. The van der Waals surface area contributed by atoms with Crippen molar-refractivity contribution in [1.29, 1.82) is 0 Å². The van der Waals surface area contributed by atoms with Gasteiger partial charge in [-0.15, -0.1) is 0 Å². The second kappa shape index (κ2) is 7.39. The van der Waals surface area contributed by atoms with Gasteiger partial charge in [-0.2, -0.15) is 0 Å². The predicted molar refractivity (Wildman–Crippen MR) is 106 cm³/mol. The molecule has 4 rings (SSSR count). The standard InChI is InChI=1S/C20H14ClN5O/c21-14-8-6-13(7-9-14)20(27)26-16-4-1-3-15(11-16)25-19-17-5-2-10-22-18(17)23-12-24-19/h1-12H,(H,26,27)(H,22,23,24,25). The van der Waals surface area contributed by atoms with Crippen LogP contribution in [0.2, 0.25) is 5.02 Å². The van der Waals surface area contributed by atoms with E-state index in [9.17, 15) is 4.79 Å². The molecule has 4 aromatic rings. The summed E-state index contributed by atoms with van der Waals surface area (Å²) < 4.78 is 0. The molecule has 0 fully saturated rings. The zero-order chi connectivity index (χ0) is 18.6. The van der Waals surface area contributed by atoms with Gasteiger partial charge in [-0.25, -0.2) is 15.0 Å². The van der Waals surface area contributed by atoms with E-state index in [0.29, 0.717) is 27.7 Å². The van der Waals surface area contributed by atoms with Crippen molar-refractivity contribution in [3.63, 3.8) is 0 Å². The van der Waals surface area contributed by atoms with E-state index in [1.54, 1.807) is 30.5 Å². The summed E-state index contributed by atoms with van der Waals surface area (Å²) in [6.07, 6.45) is 3.15. The van der Waals surface area contributed by atoms with Gasteiger partial charge >= 0.3 is 0 Å². The van der Waals surface area contributed by atoms with Gasteiger partial charge in [-0.05, 0) is 54.6 Å². The van der Waals surface area contributed by atoms with E-state index in [1.165, 1.54) is 6.33 Å². The van der Waals surface area contributed by atoms with Crippen molar-refractivity contribution in [3.05, 3.63) is 83.8 Å². The summed E-state index contributed by atoms with van der Waals surface area (Å²) in [6, 6.07) is 17.8. The van der Waals surface area contributed by atoms with Crippen molar-refractivity contribution in [2.24, 2.45) is 0 Å². The van der Waals surface area contributed by atoms with E-state index in [0.717, 1.165) is 11.1 Å². The minimum absolute atomic E-state index is 0.208. The highest BCUT2D eigenvalue weighted by Crippen LogP contribution is 2.23. The van der Waals surface area contributed by atoms with E-state index in [2.05, 4.69) is 25.6 Å². The molecule has 2 aromatic carbocycles. The first kappa shape index (κ1) is 16.9. The van der Waals surface area contributed by atoms with Crippen LogP contribution in [-0.2, 0) is 0 Å². The Morgan fingerprint density at radius 2 is 1.70 bits per heavy atom. The highest BCUT2D eigenvalue weighted by atomic mass is 35.5. The van der Waals surface area contributed by atoms with Gasteiger partial charge in [0.1, 0.15) is 12.1 Å². The highest BCUT2D eigenvalue weighted by Gasteiger charge is 2.08. The molecule has 0 aliphatic heterocycles. The van der Waals surface area contributed by atoms with Crippen LogP contribution < -0.4 is 10.6 Å². The number of pyridine rings is 1. The molecule has 0 saturated heterocycles. The SMILES string of the molecule is O=C(Nc1cccc(Nc2ncnc3ncccc23)c1)c1ccc(Cl)cc1. The minimum Gasteiger partial charge on any atom is -0.340 e. The van der Waals surface area contributed by atoms with Gasteiger partial charge in [0.2, 0.25) is 0 Å². The molecule has 2 heterocycles. The van der Waals surface area contributed by atoms with Crippen molar-refractivity contribution in [2.45, 2.75) is 0 Å². The Balaban J connectivity index is 1.55. The topological polar surface area (TPSA) is 79.8 Å². The van der Waals surface area contributed by atoms with Gasteiger partial charge in [-0.1, -0.05) is 17.7 Å².